The number of anilines is 1. The number of unbranched alkanes of at least 4 members (excludes halogenated alkanes) is 1. The number of nitrogens with one attached hydrogen (secondary N) is 3. The first-order valence-corrected chi connectivity index (χ1v) is 9.34. The van der Waals surface area contributed by atoms with Gasteiger partial charge in [0.2, 0.25) is 5.95 Å². The minimum Gasteiger partial charge on any atom is -0.354 e. The molecule has 0 unspecified atom stereocenters. The third kappa shape index (κ3) is 3.72. The van der Waals surface area contributed by atoms with Crippen molar-refractivity contribution in [2.45, 2.75) is 19.8 Å². The number of fused-ring (bicyclic) bond motifs is 1. The highest BCUT2D eigenvalue weighted by Gasteiger charge is 2.13. The molecule has 0 saturated heterocycles. The van der Waals surface area contributed by atoms with Gasteiger partial charge in [0.1, 0.15) is 11.5 Å². The lowest BCUT2D eigenvalue weighted by atomic mass is 10.2. The third-order valence-corrected chi connectivity index (χ3v) is 4.47. The molecule has 0 amide bonds. The molecule has 0 aliphatic heterocycles. The fraction of sp³-hybridized carbons (Fsp3) is 0.211. The average Bonchev–Trinajstić information content (AvgIpc) is 3.11. The lowest BCUT2D eigenvalue weighted by Crippen LogP contribution is -2.12. The van der Waals surface area contributed by atoms with Crippen LogP contribution in [0.5, 0.6) is 0 Å². The largest absolute Gasteiger partial charge is 0.354 e. The number of hydrogen-bond acceptors (Lipinski definition) is 6. The predicted molar refractivity (Wildman–Crippen MR) is 109 cm³/mol. The van der Waals surface area contributed by atoms with Crippen molar-refractivity contribution in [3.8, 4) is 22.8 Å². The lowest BCUT2D eigenvalue weighted by Gasteiger charge is -2.06. The van der Waals surface area contributed by atoms with Crippen LogP contribution in [0.15, 0.2) is 41.3 Å². The standard InChI is InChI=1S/C19H18ClN7O/c1-2-3-7-21-19-22-8-6-14(25-19)16-10-12(18(28)27-26-16)17-23-13-5-4-11(20)9-15(13)24-17/h4-6,8-10H,2-3,7H2,1H3,(H,23,24)(H,27,28)(H,21,22,25). The number of aromatic amines is 2. The molecule has 0 saturated carbocycles. The van der Waals surface area contributed by atoms with Gasteiger partial charge in [-0.2, -0.15) is 5.10 Å². The van der Waals surface area contributed by atoms with Crippen molar-refractivity contribution in [3.05, 3.63) is 51.9 Å². The van der Waals surface area contributed by atoms with Crippen LogP contribution < -0.4 is 10.9 Å². The number of hydrogen-bond donors (Lipinski definition) is 3. The summed E-state index contributed by atoms with van der Waals surface area (Å²) >= 11 is 6.02. The summed E-state index contributed by atoms with van der Waals surface area (Å²) in [5.41, 5.74) is 2.63. The van der Waals surface area contributed by atoms with Gasteiger partial charge in [-0.3, -0.25) is 4.79 Å². The summed E-state index contributed by atoms with van der Waals surface area (Å²) in [4.78, 5) is 28.6. The summed E-state index contributed by atoms with van der Waals surface area (Å²) in [6, 6.07) is 8.73. The Kier molecular flexibility index (Phi) is 5.03. The van der Waals surface area contributed by atoms with Crippen molar-refractivity contribution in [3.63, 3.8) is 0 Å². The molecule has 142 valence electrons. The normalized spacial score (nSPS) is 11.1. The maximum absolute atomic E-state index is 12.3. The van der Waals surface area contributed by atoms with Crippen LogP contribution in [0.4, 0.5) is 5.95 Å². The summed E-state index contributed by atoms with van der Waals surface area (Å²) in [7, 11) is 0. The van der Waals surface area contributed by atoms with Gasteiger partial charge in [0, 0.05) is 17.8 Å². The quantitative estimate of drug-likeness (QED) is 0.430. The van der Waals surface area contributed by atoms with Crippen LogP contribution in [-0.4, -0.2) is 36.7 Å². The Morgan fingerprint density at radius 1 is 1.14 bits per heavy atom. The molecule has 3 heterocycles. The van der Waals surface area contributed by atoms with Crippen LogP contribution in [0, 0.1) is 0 Å². The molecule has 0 spiro atoms. The Bertz CT molecular complexity index is 1180. The zero-order valence-electron chi connectivity index (χ0n) is 15.2. The van der Waals surface area contributed by atoms with Gasteiger partial charge in [0.05, 0.1) is 22.3 Å². The molecule has 3 aromatic heterocycles. The molecule has 0 aliphatic rings. The maximum atomic E-state index is 12.3. The number of rotatable bonds is 6. The molecule has 4 rings (SSSR count). The van der Waals surface area contributed by atoms with E-state index >= 15 is 0 Å². The van der Waals surface area contributed by atoms with Crippen LogP contribution >= 0.6 is 11.6 Å². The number of benzene rings is 1. The molecule has 0 radical (unpaired) electrons. The first kappa shape index (κ1) is 18.1. The zero-order chi connectivity index (χ0) is 19.5. The van der Waals surface area contributed by atoms with E-state index in [0.717, 1.165) is 30.4 Å². The van der Waals surface area contributed by atoms with Crippen molar-refractivity contribution < 1.29 is 0 Å². The number of imidazole rings is 1. The van der Waals surface area contributed by atoms with E-state index in [1.807, 2.05) is 0 Å². The summed E-state index contributed by atoms with van der Waals surface area (Å²) in [6.07, 6.45) is 3.78. The third-order valence-electron chi connectivity index (χ3n) is 4.23. The second-order valence-corrected chi connectivity index (χ2v) is 6.73. The summed E-state index contributed by atoms with van der Waals surface area (Å²) in [5, 5.41) is 10.4. The Morgan fingerprint density at radius 2 is 2.04 bits per heavy atom. The zero-order valence-corrected chi connectivity index (χ0v) is 15.9. The van der Waals surface area contributed by atoms with Gasteiger partial charge in [0.15, 0.2) is 0 Å². The maximum Gasteiger partial charge on any atom is 0.275 e. The first-order valence-electron chi connectivity index (χ1n) is 8.96. The molecule has 3 N–H and O–H groups in total. The molecule has 4 aromatic rings. The van der Waals surface area contributed by atoms with E-state index < -0.39 is 0 Å². The van der Waals surface area contributed by atoms with Gasteiger partial charge in [0.25, 0.3) is 5.56 Å². The number of halogens is 1. The van der Waals surface area contributed by atoms with E-state index in [9.17, 15) is 4.79 Å². The molecule has 8 nitrogen and oxygen atoms in total. The van der Waals surface area contributed by atoms with Crippen molar-refractivity contribution in [1.29, 1.82) is 0 Å². The second kappa shape index (κ2) is 7.77. The number of nitrogens with zero attached hydrogens (tertiary/aromatic N) is 4. The Hall–Kier alpha value is -3.26. The Labute approximate surface area is 165 Å². The predicted octanol–water partition coefficient (Wildman–Crippen LogP) is 3.64. The van der Waals surface area contributed by atoms with Crippen LogP contribution in [0.25, 0.3) is 33.8 Å². The highest BCUT2D eigenvalue weighted by molar-refractivity contribution is 6.31. The number of aromatic nitrogens is 6. The van der Waals surface area contributed by atoms with Crippen molar-refractivity contribution in [2.24, 2.45) is 0 Å². The Morgan fingerprint density at radius 3 is 2.89 bits per heavy atom. The fourth-order valence-electron chi connectivity index (χ4n) is 2.79. The highest BCUT2D eigenvalue weighted by atomic mass is 35.5. The topological polar surface area (TPSA) is 112 Å². The van der Waals surface area contributed by atoms with Gasteiger partial charge in [-0.05, 0) is 36.8 Å². The molecule has 0 aliphatic carbocycles. The van der Waals surface area contributed by atoms with Crippen LogP contribution in [0.2, 0.25) is 5.02 Å². The number of H-pyrrole nitrogens is 2. The molecule has 0 bridgehead atoms. The van der Waals surface area contributed by atoms with E-state index in [4.69, 9.17) is 11.6 Å². The van der Waals surface area contributed by atoms with Gasteiger partial charge >= 0.3 is 0 Å². The highest BCUT2D eigenvalue weighted by Crippen LogP contribution is 2.23. The van der Waals surface area contributed by atoms with E-state index in [0.29, 0.717) is 33.7 Å². The van der Waals surface area contributed by atoms with Gasteiger partial charge < -0.3 is 10.3 Å². The van der Waals surface area contributed by atoms with Gasteiger partial charge in [-0.15, -0.1) is 0 Å². The fourth-order valence-corrected chi connectivity index (χ4v) is 2.96. The SMILES string of the molecule is CCCCNc1nccc(-c2cc(-c3nc4ccc(Cl)cc4[nH]3)c(=O)[nH]n2)n1. The smallest absolute Gasteiger partial charge is 0.275 e. The molecule has 28 heavy (non-hydrogen) atoms. The van der Waals surface area contributed by atoms with E-state index in [1.165, 1.54) is 0 Å². The lowest BCUT2D eigenvalue weighted by molar-refractivity contribution is 0.826. The molecule has 0 fully saturated rings. The van der Waals surface area contributed by atoms with Crippen LogP contribution in [-0.2, 0) is 0 Å². The molecule has 0 atom stereocenters. The van der Waals surface area contributed by atoms with Gasteiger partial charge in [-0.25, -0.2) is 20.1 Å². The minimum absolute atomic E-state index is 0.343. The molecular weight excluding hydrogens is 378 g/mol. The minimum atomic E-state index is -0.343. The van der Waals surface area contributed by atoms with Crippen LogP contribution in [0.1, 0.15) is 19.8 Å². The monoisotopic (exact) mass is 395 g/mol. The summed E-state index contributed by atoms with van der Waals surface area (Å²) in [6.45, 7) is 2.92. The molecule has 1 aromatic carbocycles. The van der Waals surface area contributed by atoms with E-state index in [2.05, 4.69) is 42.4 Å². The molecular formula is C19H18ClN7O. The molecule has 9 heteroatoms. The second-order valence-electron chi connectivity index (χ2n) is 6.29. The summed E-state index contributed by atoms with van der Waals surface area (Å²) in [5.74, 6) is 0.969. The first-order chi connectivity index (χ1) is 13.6. The van der Waals surface area contributed by atoms with E-state index in [-0.39, 0.29) is 5.56 Å². The summed E-state index contributed by atoms with van der Waals surface area (Å²) < 4.78 is 0. The Balaban J connectivity index is 1.71. The van der Waals surface area contributed by atoms with Crippen molar-refractivity contribution in [1.82, 2.24) is 30.1 Å². The average molecular weight is 396 g/mol. The van der Waals surface area contributed by atoms with Crippen molar-refractivity contribution >= 4 is 28.6 Å². The van der Waals surface area contributed by atoms with Gasteiger partial charge in [-0.1, -0.05) is 24.9 Å². The van der Waals surface area contributed by atoms with E-state index in [1.54, 1.807) is 36.5 Å². The van der Waals surface area contributed by atoms with Crippen LogP contribution in [0.3, 0.4) is 0 Å². The van der Waals surface area contributed by atoms with Crippen molar-refractivity contribution in [2.75, 3.05) is 11.9 Å².